The van der Waals surface area contributed by atoms with E-state index in [-0.39, 0.29) is 6.10 Å². The molecule has 0 amide bonds. The van der Waals surface area contributed by atoms with Crippen LogP contribution in [0.25, 0.3) is 0 Å². The van der Waals surface area contributed by atoms with E-state index in [1.165, 1.54) is 5.69 Å². The minimum absolute atomic E-state index is 0.289. The van der Waals surface area contributed by atoms with Crippen molar-refractivity contribution < 1.29 is 9.84 Å². The topological polar surface area (TPSA) is 32.7 Å². The van der Waals surface area contributed by atoms with E-state index in [0.29, 0.717) is 5.92 Å². The fraction of sp³-hybridized carbons (Fsp3) is 0.600. The van der Waals surface area contributed by atoms with Crippen molar-refractivity contribution in [2.24, 2.45) is 5.92 Å². The average molecular weight is 328 g/mol. The number of rotatable bonds is 3. The van der Waals surface area contributed by atoms with Crippen LogP contribution < -0.4 is 4.90 Å². The van der Waals surface area contributed by atoms with Crippen molar-refractivity contribution >= 4 is 21.6 Å². The molecule has 2 unspecified atom stereocenters. The molecular weight excluding hydrogens is 306 g/mol. The SMILES string of the molecule is COC1CN(c2ccc([C@H](C)O)cc2Br)CCC1C. The molecule has 19 heavy (non-hydrogen) atoms. The normalized spacial score (nSPS) is 25.4. The van der Waals surface area contributed by atoms with E-state index >= 15 is 0 Å². The third kappa shape index (κ3) is 3.30. The second-order valence-corrected chi connectivity index (χ2v) is 6.23. The summed E-state index contributed by atoms with van der Waals surface area (Å²) in [6.45, 7) is 6.00. The summed E-state index contributed by atoms with van der Waals surface area (Å²) in [5.74, 6) is 0.608. The summed E-state index contributed by atoms with van der Waals surface area (Å²) in [5, 5.41) is 9.61. The van der Waals surface area contributed by atoms with E-state index in [2.05, 4.69) is 33.8 Å². The fourth-order valence-corrected chi connectivity index (χ4v) is 3.25. The zero-order valence-electron chi connectivity index (χ0n) is 11.8. The van der Waals surface area contributed by atoms with Crippen molar-refractivity contribution in [1.29, 1.82) is 0 Å². The van der Waals surface area contributed by atoms with Gasteiger partial charge in [-0.05, 0) is 52.9 Å². The number of anilines is 1. The van der Waals surface area contributed by atoms with Gasteiger partial charge in [-0.25, -0.2) is 0 Å². The number of nitrogens with zero attached hydrogens (tertiary/aromatic N) is 1. The number of halogens is 1. The average Bonchev–Trinajstić information content (AvgIpc) is 2.39. The van der Waals surface area contributed by atoms with Gasteiger partial charge in [-0.2, -0.15) is 0 Å². The highest BCUT2D eigenvalue weighted by Crippen LogP contribution is 2.32. The Bertz CT molecular complexity index is 436. The Morgan fingerprint density at radius 3 is 2.79 bits per heavy atom. The molecule has 1 aromatic carbocycles. The lowest BCUT2D eigenvalue weighted by Crippen LogP contribution is -2.44. The predicted molar refractivity (Wildman–Crippen MR) is 81.6 cm³/mol. The molecule has 1 aliphatic rings. The van der Waals surface area contributed by atoms with Crippen molar-refractivity contribution in [2.75, 3.05) is 25.1 Å². The molecule has 0 spiro atoms. The van der Waals surface area contributed by atoms with E-state index < -0.39 is 6.10 Å². The Morgan fingerprint density at radius 2 is 2.21 bits per heavy atom. The molecule has 1 heterocycles. The van der Waals surface area contributed by atoms with Gasteiger partial charge in [-0.15, -0.1) is 0 Å². The number of hydrogen-bond donors (Lipinski definition) is 1. The van der Waals surface area contributed by atoms with Crippen LogP contribution >= 0.6 is 15.9 Å². The van der Waals surface area contributed by atoms with Crippen LogP contribution in [-0.2, 0) is 4.74 Å². The molecule has 0 aliphatic carbocycles. The number of benzene rings is 1. The van der Waals surface area contributed by atoms with E-state index in [1.807, 2.05) is 12.1 Å². The van der Waals surface area contributed by atoms with Gasteiger partial charge >= 0.3 is 0 Å². The van der Waals surface area contributed by atoms with Crippen LogP contribution in [0.3, 0.4) is 0 Å². The largest absolute Gasteiger partial charge is 0.389 e. The van der Waals surface area contributed by atoms with Gasteiger partial charge < -0.3 is 14.7 Å². The Kier molecular flexibility index (Phi) is 4.87. The van der Waals surface area contributed by atoms with Crippen LogP contribution in [0.15, 0.2) is 22.7 Å². The van der Waals surface area contributed by atoms with Crippen LogP contribution in [0.1, 0.15) is 31.9 Å². The second-order valence-electron chi connectivity index (χ2n) is 5.37. The first-order valence-corrected chi connectivity index (χ1v) is 7.57. The van der Waals surface area contributed by atoms with E-state index in [1.54, 1.807) is 14.0 Å². The molecule has 106 valence electrons. The van der Waals surface area contributed by atoms with Crippen molar-refractivity contribution in [2.45, 2.75) is 32.5 Å². The highest BCUT2D eigenvalue weighted by Gasteiger charge is 2.27. The maximum absolute atomic E-state index is 9.61. The first kappa shape index (κ1) is 14.8. The Balaban J connectivity index is 2.18. The Labute approximate surface area is 123 Å². The van der Waals surface area contributed by atoms with Crippen LogP contribution in [0, 0.1) is 5.92 Å². The van der Waals surface area contributed by atoms with Crippen LogP contribution in [0.5, 0.6) is 0 Å². The summed E-state index contributed by atoms with van der Waals surface area (Å²) in [4.78, 5) is 2.35. The quantitative estimate of drug-likeness (QED) is 0.923. The molecule has 0 radical (unpaired) electrons. The lowest BCUT2D eigenvalue weighted by molar-refractivity contribution is 0.0498. The molecule has 4 heteroatoms. The fourth-order valence-electron chi connectivity index (χ4n) is 2.60. The molecule has 2 rings (SSSR count). The third-order valence-corrected chi connectivity index (χ3v) is 4.62. The van der Waals surface area contributed by atoms with Crippen LogP contribution in [0.4, 0.5) is 5.69 Å². The highest BCUT2D eigenvalue weighted by atomic mass is 79.9. The zero-order chi connectivity index (χ0) is 14.0. The van der Waals surface area contributed by atoms with Crippen molar-refractivity contribution in [3.8, 4) is 0 Å². The number of aliphatic hydroxyl groups is 1. The molecule has 3 nitrogen and oxygen atoms in total. The highest BCUT2D eigenvalue weighted by molar-refractivity contribution is 9.10. The summed E-state index contributed by atoms with van der Waals surface area (Å²) in [7, 11) is 1.79. The predicted octanol–water partition coefficient (Wildman–Crippen LogP) is 3.36. The molecule has 1 N–H and O–H groups in total. The van der Waals surface area contributed by atoms with Gasteiger partial charge in [-0.1, -0.05) is 13.0 Å². The van der Waals surface area contributed by atoms with Crippen molar-refractivity contribution in [3.05, 3.63) is 28.2 Å². The van der Waals surface area contributed by atoms with Gasteiger partial charge in [0.2, 0.25) is 0 Å². The number of ether oxygens (including phenoxy) is 1. The van der Waals surface area contributed by atoms with Crippen LogP contribution in [-0.4, -0.2) is 31.4 Å². The number of methoxy groups -OCH3 is 1. The van der Waals surface area contributed by atoms with E-state index in [4.69, 9.17) is 4.74 Å². The molecular formula is C15H22BrNO2. The lowest BCUT2D eigenvalue weighted by Gasteiger charge is -2.38. The van der Waals surface area contributed by atoms with Crippen molar-refractivity contribution in [3.63, 3.8) is 0 Å². The minimum atomic E-state index is -0.432. The summed E-state index contributed by atoms with van der Waals surface area (Å²) in [5.41, 5.74) is 2.11. The minimum Gasteiger partial charge on any atom is -0.389 e. The molecule has 0 aromatic heterocycles. The lowest BCUT2D eigenvalue weighted by atomic mass is 9.95. The van der Waals surface area contributed by atoms with Gasteiger partial charge in [0.1, 0.15) is 0 Å². The first-order valence-electron chi connectivity index (χ1n) is 6.78. The Hall–Kier alpha value is -0.580. The first-order chi connectivity index (χ1) is 9.02. The molecule has 3 atom stereocenters. The molecule has 1 aromatic rings. The monoisotopic (exact) mass is 327 g/mol. The maximum Gasteiger partial charge on any atom is 0.0772 e. The second kappa shape index (κ2) is 6.25. The summed E-state index contributed by atoms with van der Waals surface area (Å²) in [6, 6.07) is 6.07. The van der Waals surface area contributed by atoms with Crippen LogP contribution in [0.2, 0.25) is 0 Å². The van der Waals surface area contributed by atoms with E-state index in [9.17, 15) is 5.11 Å². The number of aliphatic hydroxyl groups excluding tert-OH is 1. The van der Waals surface area contributed by atoms with Gasteiger partial charge in [0.05, 0.1) is 17.9 Å². The summed E-state index contributed by atoms with van der Waals surface area (Å²) >= 11 is 3.61. The molecule has 1 fully saturated rings. The molecule has 1 aliphatic heterocycles. The summed E-state index contributed by atoms with van der Waals surface area (Å²) < 4.78 is 6.60. The van der Waals surface area contributed by atoms with Gasteiger partial charge in [-0.3, -0.25) is 0 Å². The Morgan fingerprint density at radius 1 is 1.47 bits per heavy atom. The molecule has 0 saturated carbocycles. The number of hydrogen-bond acceptors (Lipinski definition) is 3. The third-order valence-electron chi connectivity index (χ3n) is 3.99. The molecule has 1 saturated heterocycles. The molecule has 0 bridgehead atoms. The maximum atomic E-state index is 9.61. The smallest absolute Gasteiger partial charge is 0.0772 e. The standard InChI is InChI=1S/C15H22BrNO2/c1-10-6-7-17(9-15(10)19-3)14-5-4-12(11(2)18)8-13(14)16/h4-5,8,10-11,15,18H,6-7,9H2,1-3H3/t10?,11-,15?/m0/s1. The zero-order valence-corrected chi connectivity index (χ0v) is 13.4. The number of piperidine rings is 1. The van der Waals surface area contributed by atoms with Crippen molar-refractivity contribution in [1.82, 2.24) is 0 Å². The van der Waals surface area contributed by atoms with Gasteiger partial charge in [0.25, 0.3) is 0 Å². The van der Waals surface area contributed by atoms with Gasteiger partial charge in [0, 0.05) is 24.7 Å². The van der Waals surface area contributed by atoms with Gasteiger partial charge in [0.15, 0.2) is 0 Å². The van der Waals surface area contributed by atoms with E-state index in [0.717, 1.165) is 29.5 Å². The summed E-state index contributed by atoms with van der Waals surface area (Å²) in [6.07, 6.45) is 0.999.